The highest BCUT2D eigenvalue weighted by molar-refractivity contribution is 8.10. The molecule has 2 aliphatic carbocycles. The van der Waals surface area contributed by atoms with Gasteiger partial charge in [0.1, 0.15) is 5.69 Å². The molecular weight excluding hydrogens is 452 g/mol. The number of hydrogen-bond acceptors (Lipinski definition) is 5. The van der Waals surface area contributed by atoms with Crippen LogP contribution in [-0.4, -0.2) is 21.9 Å². The topological polar surface area (TPSA) is 80.9 Å². The summed E-state index contributed by atoms with van der Waals surface area (Å²) in [7, 11) is 0. The highest BCUT2D eigenvalue weighted by atomic mass is 32.2. The number of nitrogens with zero attached hydrogens (tertiary/aromatic N) is 2. The van der Waals surface area contributed by atoms with E-state index < -0.39 is 0 Å². The van der Waals surface area contributed by atoms with Crippen LogP contribution < -0.4 is 11.1 Å². The van der Waals surface area contributed by atoms with Crippen LogP contribution >= 0.6 is 11.8 Å². The van der Waals surface area contributed by atoms with Crippen molar-refractivity contribution in [2.45, 2.75) is 53.0 Å². The van der Waals surface area contributed by atoms with Crippen LogP contribution in [0, 0.1) is 6.92 Å². The minimum Gasteiger partial charge on any atom is -0.321 e. The summed E-state index contributed by atoms with van der Waals surface area (Å²) in [5, 5.41) is 4.78. The molecular formula is C29H34N4OS. The largest absolute Gasteiger partial charge is 0.321 e. The van der Waals surface area contributed by atoms with E-state index in [1.807, 2.05) is 76.3 Å². The first kappa shape index (κ1) is 26.4. The van der Waals surface area contributed by atoms with E-state index in [2.05, 4.69) is 18.0 Å². The lowest BCUT2D eigenvalue weighted by Gasteiger charge is -2.21. The van der Waals surface area contributed by atoms with Gasteiger partial charge in [-0.3, -0.25) is 4.79 Å². The van der Waals surface area contributed by atoms with Gasteiger partial charge in [0.25, 0.3) is 0 Å². The van der Waals surface area contributed by atoms with Gasteiger partial charge in [-0.1, -0.05) is 92.4 Å². The van der Waals surface area contributed by atoms with Crippen molar-refractivity contribution < 1.29 is 4.79 Å². The number of nitrogens with one attached hydrogen (secondary N) is 1. The molecule has 0 fully saturated rings. The third kappa shape index (κ3) is 6.47. The van der Waals surface area contributed by atoms with Gasteiger partial charge in [-0.2, -0.15) is 0 Å². The average Bonchev–Trinajstić information content (AvgIpc) is 3.06. The van der Waals surface area contributed by atoms with E-state index >= 15 is 0 Å². The average molecular weight is 487 g/mol. The summed E-state index contributed by atoms with van der Waals surface area (Å²) in [6, 6.07) is 7.86. The molecule has 2 aromatic rings. The Balaban J connectivity index is 0.00000167. The Hall–Kier alpha value is -3.22. The monoisotopic (exact) mass is 486 g/mol. The molecule has 0 saturated carbocycles. The smallest absolute Gasteiger partial charge is 0.230 e. The summed E-state index contributed by atoms with van der Waals surface area (Å²) in [6.45, 7) is 11.8. The zero-order valence-electron chi connectivity index (χ0n) is 21.0. The maximum atomic E-state index is 12.9. The molecule has 1 aromatic carbocycles. The fraction of sp³-hybridized carbons (Fsp3) is 0.276. The number of carbonyl (C=O) groups is 1. The second kappa shape index (κ2) is 12.5. The maximum Gasteiger partial charge on any atom is 0.230 e. The van der Waals surface area contributed by atoms with Crippen LogP contribution in [-0.2, 0) is 17.6 Å². The number of anilines is 1. The van der Waals surface area contributed by atoms with Crippen molar-refractivity contribution in [1.82, 2.24) is 9.97 Å². The van der Waals surface area contributed by atoms with Crippen LogP contribution in [0.2, 0.25) is 0 Å². The van der Waals surface area contributed by atoms with Crippen molar-refractivity contribution in [2.75, 3.05) is 5.32 Å². The first-order valence-electron chi connectivity index (χ1n) is 12.0. The summed E-state index contributed by atoms with van der Waals surface area (Å²) >= 11 is 1.46. The van der Waals surface area contributed by atoms with Crippen LogP contribution in [0.1, 0.15) is 55.4 Å². The third-order valence-electron chi connectivity index (χ3n) is 5.65. The molecule has 4 rings (SSSR count). The number of aromatic nitrogens is 2. The van der Waals surface area contributed by atoms with E-state index in [0.29, 0.717) is 11.5 Å². The molecule has 0 spiro atoms. The van der Waals surface area contributed by atoms with E-state index in [1.54, 1.807) is 5.41 Å². The van der Waals surface area contributed by atoms with E-state index in [-0.39, 0.29) is 18.4 Å². The maximum absolute atomic E-state index is 12.9. The lowest BCUT2D eigenvalue weighted by Crippen LogP contribution is -2.19. The van der Waals surface area contributed by atoms with Gasteiger partial charge in [0.2, 0.25) is 5.91 Å². The first-order chi connectivity index (χ1) is 17.0. The van der Waals surface area contributed by atoms with Gasteiger partial charge in [-0.05, 0) is 43.2 Å². The van der Waals surface area contributed by atoms with Crippen molar-refractivity contribution in [1.29, 1.82) is 0 Å². The predicted molar refractivity (Wildman–Crippen MR) is 150 cm³/mol. The third-order valence-corrected chi connectivity index (χ3v) is 6.50. The van der Waals surface area contributed by atoms with Crippen LogP contribution in [0.4, 0.5) is 5.82 Å². The number of fused-ring (bicyclic) bond motifs is 2. The molecule has 1 atom stereocenters. The number of allylic oxidation sites excluding steroid dienone is 5. The molecule has 6 heteroatoms. The molecule has 0 aliphatic heterocycles. The number of nitrogens with two attached hydrogens (primary N) is 1. The second-order valence-corrected chi connectivity index (χ2v) is 9.11. The van der Waals surface area contributed by atoms with Crippen molar-refractivity contribution in [3.8, 4) is 0 Å². The van der Waals surface area contributed by atoms with E-state index in [9.17, 15) is 4.79 Å². The Morgan fingerprint density at radius 1 is 1.17 bits per heavy atom. The van der Waals surface area contributed by atoms with Crippen molar-refractivity contribution in [3.63, 3.8) is 0 Å². The normalized spacial score (nSPS) is 16.5. The standard InChI is InChI=1S/C27H28N4OS.C2H6/c1-4-23(33-5-2)26-27(30-24(32)16-18-8-6-17(3)7-9-18)29-22-15-11-19-10-12-20(28)13-14-21(19)25(22)31-26;1-2/h4-10,12-14,20H,2,11,15-16,28H2,1,3H3,(H,29,30,32);1-2H3/b23-4-;. The molecule has 0 bridgehead atoms. The number of rotatable bonds is 6. The van der Waals surface area contributed by atoms with Gasteiger partial charge in [-0.15, -0.1) is 0 Å². The molecule has 2 aliphatic rings. The van der Waals surface area contributed by atoms with Crippen molar-refractivity contribution >= 4 is 34.0 Å². The number of thioether (sulfide) groups is 1. The Morgan fingerprint density at radius 2 is 1.89 bits per heavy atom. The minimum absolute atomic E-state index is 0.116. The minimum atomic E-state index is -0.118. The molecule has 5 nitrogen and oxygen atoms in total. The Bertz CT molecular complexity index is 1210. The molecule has 1 unspecified atom stereocenters. The second-order valence-electron chi connectivity index (χ2n) is 8.10. The SMILES string of the molecule is C=CS/C(=C\C)c1nc2c(nc1NC(=O)Cc1ccc(C)cc1)CCC1=C2C=CC(N)C=C1.CC. The zero-order chi connectivity index (χ0) is 25.4. The molecule has 35 heavy (non-hydrogen) atoms. The summed E-state index contributed by atoms with van der Waals surface area (Å²) in [4.78, 5) is 23.7. The Labute approximate surface area is 213 Å². The van der Waals surface area contributed by atoms with E-state index in [1.165, 1.54) is 22.9 Å². The van der Waals surface area contributed by atoms with Crippen LogP contribution in [0.3, 0.4) is 0 Å². The Morgan fingerprint density at radius 3 is 2.57 bits per heavy atom. The fourth-order valence-corrected chi connectivity index (χ4v) is 4.50. The van der Waals surface area contributed by atoms with Crippen LogP contribution in [0.15, 0.2) is 72.2 Å². The molecule has 0 saturated heterocycles. The number of hydrogen-bond donors (Lipinski definition) is 2. The Kier molecular flexibility index (Phi) is 9.40. The highest BCUT2D eigenvalue weighted by Gasteiger charge is 2.24. The first-order valence-corrected chi connectivity index (χ1v) is 12.9. The van der Waals surface area contributed by atoms with E-state index in [0.717, 1.165) is 40.3 Å². The number of aryl methyl sites for hydroxylation is 2. The van der Waals surface area contributed by atoms with E-state index in [4.69, 9.17) is 15.7 Å². The molecule has 0 radical (unpaired) electrons. The van der Waals surface area contributed by atoms with Gasteiger partial charge < -0.3 is 11.1 Å². The lowest BCUT2D eigenvalue weighted by molar-refractivity contribution is -0.115. The quantitative estimate of drug-likeness (QED) is 0.495. The highest BCUT2D eigenvalue weighted by Crippen LogP contribution is 2.37. The number of carbonyl (C=O) groups excluding carboxylic acids is 1. The molecule has 182 valence electrons. The lowest BCUT2D eigenvalue weighted by atomic mass is 9.91. The van der Waals surface area contributed by atoms with Crippen LogP contribution in [0.25, 0.3) is 10.5 Å². The van der Waals surface area contributed by atoms with Crippen molar-refractivity contribution in [3.05, 3.63) is 100 Å². The molecule has 1 heterocycles. The summed E-state index contributed by atoms with van der Waals surface area (Å²) < 4.78 is 0. The summed E-state index contributed by atoms with van der Waals surface area (Å²) in [5.41, 5.74) is 12.9. The molecule has 1 amide bonds. The van der Waals surface area contributed by atoms with Gasteiger partial charge in [0.05, 0.1) is 17.8 Å². The fourth-order valence-electron chi connectivity index (χ4n) is 3.93. The van der Waals surface area contributed by atoms with Gasteiger partial charge in [0, 0.05) is 16.5 Å². The molecule has 3 N–H and O–H groups in total. The van der Waals surface area contributed by atoms with Gasteiger partial charge in [-0.25, -0.2) is 9.97 Å². The molecule has 1 aromatic heterocycles. The summed E-state index contributed by atoms with van der Waals surface area (Å²) in [6.07, 6.45) is 12.0. The van der Waals surface area contributed by atoms with Gasteiger partial charge >= 0.3 is 0 Å². The van der Waals surface area contributed by atoms with Crippen molar-refractivity contribution in [2.24, 2.45) is 5.73 Å². The number of benzene rings is 1. The van der Waals surface area contributed by atoms with Crippen LogP contribution in [0.5, 0.6) is 0 Å². The summed E-state index contributed by atoms with van der Waals surface area (Å²) in [5.74, 6) is 0.370. The number of amides is 1. The van der Waals surface area contributed by atoms with Gasteiger partial charge in [0.15, 0.2) is 5.82 Å². The predicted octanol–water partition coefficient (Wildman–Crippen LogP) is 6.38. The zero-order valence-corrected chi connectivity index (χ0v) is 21.8.